The van der Waals surface area contributed by atoms with Crippen molar-refractivity contribution >= 4 is 0 Å². The molecule has 1 aromatic carbocycles. The van der Waals surface area contributed by atoms with Crippen LogP contribution in [0.15, 0.2) is 42.7 Å². The fraction of sp³-hybridized carbons (Fsp3) is 0.735. The van der Waals surface area contributed by atoms with Crippen LogP contribution in [0.5, 0.6) is 0 Å². The summed E-state index contributed by atoms with van der Waals surface area (Å²) in [7, 11) is 0. The maximum Gasteiger partial charge on any atom is 0.288 e. The van der Waals surface area contributed by atoms with Crippen molar-refractivity contribution in [3.05, 3.63) is 42.7 Å². The number of imidazole rings is 1. The van der Waals surface area contributed by atoms with Crippen molar-refractivity contribution in [2.24, 2.45) is 0 Å². The van der Waals surface area contributed by atoms with Crippen LogP contribution in [0.4, 0.5) is 0 Å². The van der Waals surface area contributed by atoms with Crippen molar-refractivity contribution in [1.29, 1.82) is 0 Å². The van der Waals surface area contributed by atoms with E-state index in [9.17, 15) is 0 Å². The van der Waals surface area contributed by atoms with Gasteiger partial charge in [0.05, 0.1) is 18.7 Å². The van der Waals surface area contributed by atoms with Crippen LogP contribution in [0.3, 0.4) is 0 Å². The van der Waals surface area contributed by atoms with Crippen molar-refractivity contribution in [1.82, 2.24) is 4.57 Å². The molecule has 2 rings (SSSR count). The third kappa shape index (κ3) is 13.7. The van der Waals surface area contributed by atoms with Crippen LogP contribution in [0.2, 0.25) is 0 Å². The molecule has 0 aliphatic rings. The van der Waals surface area contributed by atoms with Crippen LogP contribution in [0, 0.1) is 0 Å². The number of unbranched alkanes of at least 4 members (excludes halogenated alkanes) is 19. The standard InChI is InChI=1S/C34H59N2/c1-3-5-7-9-11-12-13-14-15-16-17-18-19-21-26-30-36-32-31-35(29-25-20-10-8-6-4-2)34(36)33-27-23-22-24-28-33/h22-24,27-28,31-32H,3-21,25-26,29-30H2,1-2H3/q+1. The van der Waals surface area contributed by atoms with Gasteiger partial charge in [-0.05, 0) is 37.8 Å². The Bertz CT molecular complexity index is 733. The van der Waals surface area contributed by atoms with Gasteiger partial charge in [-0.25, -0.2) is 9.13 Å². The molecule has 0 amide bonds. The molecule has 0 spiro atoms. The van der Waals surface area contributed by atoms with E-state index in [0.29, 0.717) is 0 Å². The first kappa shape index (κ1) is 30.7. The molecule has 0 unspecified atom stereocenters. The topological polar surface area (TPSA) is 8.81 Å². The second-order valence-electron chi connectivity index (χ2n) is 11.1. The van der Waals surface area contributed by atoms with Gasteiger partial charge < -0.3 is 0 Å². The lowest BCUT2D eigenvalue weighted by Crippen LogP contribution is -2.34. The van der Waals surface area contributed by atoms with Crippen LogP contribution in [0.25, 0.3) is 11.4 Å². The zero-order chi connectivity index (χ0) is 25.5. The molecule has 0 saturated carbocycles. The quantitative estimate of drug-likeness (QED) is 0.101. The van der Waals surface area contributed by atoms with Crippen molar-refractivity contribution in [2.75, 3.05) is 0 Å². The van der Waals surface area contributed by atoms with Crippen LogP contribution in [-0.4, -0.2) is 4.57 Å². The maximum atomic E-state index is 2.51. The predicted molar refractivity (Wildman–Crippen MR) is 158 cm³/mol. The van der Waals surface area contributed by atoms with Crippen LogP contribution in [0.1, 0.15) is 149 Å². The predicted octanol–water partition coefficient (Wildman–Crippen LogP) is 10.7. The molecule has 0 atom stereocenters. The highest BCUT2D eigenvalue weighted by atomic mass is 15.1. The fourth-order valence-corrected chi connectivity index (χ4v) is 5.46. The Balaban J connectivity index is 1.60. The summed E-state index contributed by atoms with van der Waals surface area (Å²) in [4.78, 5) is 0. The molecule has 2 nitrogen and oxygen atoms in total. The first-order chi connectivity index (χ1) is 17.9. The summed E-state index contributed by atoms with van der Waals surface area (Å²) in [5.41, 5.74) is 1.36. The lowest BCUT2D eigenvalue weighted by atomic mass is 10.0. The van der Waals surface area contributed by atoms with Gasteiger partial charge in [0.15, 0.2) is 0 Å². The van der Waals surface area contributed by atoms with E-state index in [2.05, 4.69) is 65.7 Å². The number of aryl methyl sites for hydroxylation is 2. The largest absolute Gasteiger partial charge is 0.288 e. The van der Waals surface area contributed by atoms with E-state index >= 15 is 0 Å². The highest BCUT2D eigenvalue weighted by Crippen LogP contribution is 2.18. The minimum atomic E-state index is 1.14. The lowest BCUT2D eigenvalue weighted by molar-refractivity contribution is -0.686. The number of aromatic nitrogens is 2. The Morgan fingerprint density at radius 2 is 0.972 bits per heavy atom. The van der Waals surface area contributed by atoms with Gasteiger partial charge in [-0.15, -0.1) is 0 Å². The zero-order valence-electron chi connectivity index (χ0n) is 24.2. The second-order valence-corrected chi connectivity index (χ2v) is 11.1. The average molecular weight is 496 g/mol. The van der Waals surface area contributed by atoms with E-state index in [-0.39, 0.29) is 0 Å². The third-order valence-corrected chi connectivity index (χ3v) is 7.76. The van der Waals surface area contributed by atoms with E-state index in [1.807, 2.05) is 0 Å². The van der Waals surface area contributed by atoms with Gasteiger partial charge in [0.2, 0.25) is 0 Å². The molecule has 0 aliphatic heterocycles. The molecule has 36 heavy (non-hydrogen) atoms. The molecule has 1 heterocycles. The molecule has 0 saturated heterocycles. The molecule has 0 N–H and O–H groups in total. The van der Waals surface area contributed by atoms with Crippen molar-refractivity contribution in [2.45, 2.75) is 162 Å². The Labute approximate surface area is 224 Å². The molecular weight excluding hydrogens is 436 g/mol. The Hall–Kier alpha value is -1.57. The van der Waals surface area contributed by atoms with Crippen molar-refractivity contribution in [3.8, 4) is 11.4 Å². The lowest BCUT2D eigenvalue weighted by Gasteiger charge is -2.07. The highest BCUT2D eigenvalue weighted by Gasteiger charge is 2.18. The van der Waals surface area contributed by atoms with Crippen molar-refractivity contribution < 1.29 is 4.57 Å². The zero-order valence-corrected chi connectivity index (χ0v) is 24.2. The van der Waals surface area contributed by atoms with Crippen molar-refractivity contribution in [3.63, 3.8) is 0 Å². The van der Waals surface area contributed by atoms with Gasteiger partial charge in [-0.2, -0.15) is 0 Å². The summed E-state index contributed by atoms with van der Waals surface area (Å²) in [6.45, 7) is 6.88. The van der Waals surface area contributed by atoms with Gasteiger partial charge in [0.1, 0.15) is 12.4 Å². The van der Waals surface area contributed by atoms with Gasteiger partial charge >= 0.3 is 0 Å². The average Bonchev–Trinajstić information content (AvgIpc) is 3.31. The number of hydrogen-bond acceptors (Lipinski definition) is 0. The van der Waals surface area contributed by atoms with E-state index < -0.39 is 0 Å². The summed E-state index contributed by atoms with van der Waals surface area (Å²) in [5, 5.41) is 0. The van der Waals surface area contributed by atoms with Gasteiger partial charge in [0.25, 0.3) is 5.82 Å². The van der Waals surface area contributed by atoms with E-state index in [0.717, 1.165) is 13.1 Å². The molecule has 2 aromatic rings. The van der Waals surface area contributed by atoms with Crippen LogP contribution < -0.4 is 4.57 Å². The molecule has 0 radical (unpaired) electrons. The molecule has 2 heteroatoms. The molecule has 0 bridgehead atoms. The van der Waals surface area contributed by atoms with Gasteiger partial charge in [0, 0.05) is 0 Å². The van der Waals surface area contributed by atoms with Gasteiger partial charge in [-0.1, -0.05) is 141 Å². The van der Waals surface area contributed by atoms with Gasteiger partial charge in [-0.3, -0.25) is 0 Å². The number of rotatable bonds is 24. The third-order valence-electron chi connectivity index (χ3n) is 7.76. The Morgan fingerprint density at radius 1 is 0.528 bits per heavy atom. The Morgan fingerprint density at radius 3 is 1.47 bits per heavy atom. The first-order valence-electron chi connectivity index (χ1n) is 16.0. The first-order valence-corrected chi connectivity index (χ1v) is 16.0. The Kier molecular flexibility index (Phi) is 18.3. The smallest absolute Gasteiger partial charge is 0.230 e. The summed E-state index contributed by atoms with van der Waals surface area (Å²) >= 11 is 0. The summed E-state index contributed by atoms with van der Waals surface area (Å²) in [5.74, 6) is 1.40. The highest BCUT2D eigenvalue weighted by molar-refractivity contribution is 5.52. The van der Waals surface area contributed by atoms with E-state index in [1.54, 1.807) is 0 Å². The fourth-order valence-electron chi connectivity index (χ4n) is 5.46. The molecule has 0 aliphatic carbocycles. The molecule has 1 aromatic heterocycles. The number of nitrogens with zero attached hydrogens (tertiary/aromatic N) is 2. The molecule has 204 valence electrons. The maximum absolute atomic E-state index is 2.51. The summed E-state index contributed by atoms with van der Waals surface area (Å²) in [6, 6.07) is 11.0. The monoisotopic (exact) mass is 495 g/mol. The van der Waals surface area contributed by atoms with Crippen LogP contribution in [-0.2, 0) is 13.1 Å². The number of hydrogen-bond donors (Lipinski definition) is 0. The second kappa shape index (κ2) is 21.5. The van der Waals surface area contributed by atoms with E-state index in [4.69, 9.17) is 0 Å². The molecular formula is C34H59N2+. The van der Waals surface area contributed by atoms with Crippen LogP contribution >= 0.6 is 0 Å². The van der Waals surface area contributed by atoms with E-state index in [1.165, 1.54) is 146 Å². The SMILES string of the molecule is CCCCCCCCCCCCCCCCC[n+]1ccn(CCCCCCCC)c1-c1ccccc1. The minimum absolute atomic E-state index is 1.14. The summed E-state index contributed by atoms with van der Waals surface area (Å²) in [6.07, 6.45) is 34.2. The normalized spacial score (nSPS) is 11.4. The molecule has 0 fully saturated rings. The number of benzene rings is 1. The summed E-state index contributed by atoms with van der Waals surface area (Å²) < 4.78 is 5.01. The minimum Gasteiger partial charge on any atom is -0.230 e.